The van der Waals surface area contributed by atoms with Crippen molar-refractivity contribution in [3.05, 3.63) is 0 Å². The zero-order valence-corrected chi connectivity index (χ0v) is 9.18. The average molecular weight is 196 g/mol. The van der Waals surface area contributed by atoms with E-state index in [4.69, 9.17) is 5.73 Å². The van der Waals surface area contributed by atoms with Gasteiger partial charge in [0.25, 0.3) is 0 Å². The number of carbonyl (C=O) groups excluding carboxylic acids is 1. The predicted octanol–water partition coefficient (Wildman–Crippen LogP) is 1.13. The summed E-state index contributed by atoms with van der Waals surface area (Å²) in [4.78, 5) is 13.9. The first kappa shape index (κ1) is 9.97. The first-order valence-electron chi connectivity index (χ1n) is 5.51. The van der Waals surface area contributed by atoms with Gasteiger partial charge < -0.3 is 10.6 Å². The van der Waals surface area contributed by atoms with E-state index in [-0.39, 0.29) is 5.91 Å². The first-order valence-corrected chi connectivity index (χ1v) is 5.51. The third-order valence-corrected chi connectivity index (χ3v) is 3.62. The van der Waals surface area contributed by atoms with Crippen molar-refractivity contribution in [2.75, 3.05) is 13.1 Å². The molecule has 2 N–H and O–H groups in total. The van der Waals surface area contributed by atoms with Crippen LogP contribution in [0, 0.1) is 5.41 Å². The zero-order valence-electron chi connectivity index (χ0n) is 9.18. The molecule has 0 spiro atoms. The van der Waals surface area contributed by atoms with Gasteiger partial charge in [-0.1, -0.05) is 13.8 Å². The molecule has 0 aromatic rings. The van der Waals surface area contributed by atoms with Crippen molar-refractivity contribution >= 4 is 5.91 Å². The summed E-state index contributed by atoms with van der Waals surface area (Å²) in [5.41, 5.74) is 5.83. The highest BCUT2D eigenvalue weighted by Gasteiger charge is 2.48. The topological polar surface area (TPSA) is 46.3 Å². The lowest BCUT2D eigenvalue weighted by atomic mass is 9.82. The number of carbonyl (C=O) groups is 1. The van der Waals surface area contributed by atoms with Gasteiger partial charge in [0.1, 0.15) is 0 Å². The van der Waals surface area contributed by atoms with E-state index in [0.29, 0.717) is 5.41 Å². The molecular weight excluding hydrogens is 176 g/mol. The standard InChI is InChI=1S/C11H20N2O/c1-10(2)5-7-13(8-6-10)9(14)11(12)3-4-11/h3-8,12H2,1-2H3. The number of likely N-dealkylation sites (tertiary alicyclic amines) is 1. The van der Waals surface area contributed by atoms with E-state index in [1.807, 2.05) is 4.90 Å². The molecule has 0 aromatic carbocycles. The van der Waals surface area contributed by atoms with Crippen LogP contribution in [0.25, 0.3) is 0 Å². The maximum atomic E-state index is 11.9. The van der Waals surface area contributed by atoms with Gasteiger partial charge in [0, 0.05) is 13.1 Å². The van der Waals surface area contributed by atoms with Gasteiger partial charge in [-0.25, -0.2) is 0 Å². The maximum absolute atomic E-state index is 11.9. The Morgan fingerprint density at radius 2 is 1.64 bits per heavy atom. The van der Waals surface area contributed by atoms with Crippen LogP contribution in [0.3, 0.4) is 0 Å². The molecule has 2 rings (SSSR count). The maximum Gasteiger partial charge on any atom is 0.242 e. The normalized spacial score (nSPS) is 28.6. The van der Waals surface area contributed by atoms with Gasteiger partial charge in [0.2, 0.25) is 5.91 Å². The number of hydrogen-bond acceptors (Lipinski definition) is 2. The van der Waals surface area contributed by atoms with Gasteiger partial charge in [0.05, 0.1) is 5.54 Å². The Morgan fingerprint density at radius 1 is 1.14 bits per heavy atom. The number of amides is 1. The van der Waals surface area contributed by atoms with Gasteiger partial charge in [-0.05, 0) is 31.1 Å². The van der Waals surface area contributed by atoms with Gasteiger partial charge in [-0.3, -0.25) is 4.79 Å². The molecule has 0 aromatic heterocycles. The van der Waals surface area contributed by atoms with E-state index in [1.165, 1.54) is 0 Å². The summed E-state index contributed by atoms with van der Waals surface area (Å²) in [6.07, 6.45) is 3.97. The van der Waals surface area contributed by atoms with Crippen LogP contribution in [-0.4, -0.2) is 29.4 Å². The van der Waals surface area contributed by atoms with Crippen molar-refractivity contribution < 1.29 is 4.79 Å². The lowest BCUT2D eigenvalue weighted by molar-refractivity contribution is -0.135. The van der Waals surface area contributed by atoms with Crippen LogP contribution in [-0.2, 0) is 4.79 Å². The molecule has 1 saturated carbocycles. The molecule has 2 fully saturated rings. The molecule has 14 heavy (non-hydrogen) atoms. The smallest absolute Gasteiger partial charge is 0.242 e. The first-order chi connectivity index (χ1) is 6.43. The van der Waals surface area contributed by atoms with Gasteiger partial charge in [0.15, 0.2) is 0 Å². The molecule has 1 aliphatic carbocycles. The fraction of sp³-hybridized carbons (Fsp3) is 0.909. The summed E-state index contributed by atoms with van der Waals surface area (Å²) in [5.74, 6) is 0.188. The van der Waals surface area contributed by atoms with Crippen LogP contribution in [0.2, 0.25) is 0 Å². The Morgan fingerprint density at radius 3 is 2.07 bits per heavy atom. The second-order valence-electron chi connectivity index (χ2n) is 5.61. The molecule has 1 amide bonds. The Balaban J connectivity index is 1.92. The van der Waals surface area contributed by atoms with Gasteiger partial charge >= 0.3 is 0 Å². The number of rotatable bonds is 1. The Bertz CT molecular complexity index is 246. The summed E-state index contributed by atoms with van der Waals surface area (Å²) in [6, 6.07) is 0. The molecular formula is C11H20N2O. The molecule has 80 valence electrons. The molecule has 1 aliphatic heterocycles. The van der Waals surface area contributed by atoms with Crippen molar-refractivity contribution in [2.24, 2.45) is 11.1 Å². The Hall–Kier alpha value is -0.570. The summed E-state index contributed by atoms with van der Waals surface area (Å²) >= 11 is 0. The van der Waals surface area contributed by atoms with Crippen LogP contribution < -0.4 is 5.73 Å². The summed E-state index contributed by atoms with van der Waals surface area (Å²) in [7, 11) is 0. The van der Waals surface area contributed by atoms with Gasteiger partial charge in [-0.2, -0.15) is 0 Å². The van der Waals surface area contributed by atoms with Crippen LogP contribution in [0.4, 0.5) is 0 Å². The lowest BCUT2D eigenvalue weighted by Crippen LogP contribution is -2.49. The molecule has 0 bridgehead atoms. The number of hydrogen-bond donors (Lipinski definition) is 1. The highest BCUT2D eigenvalue weighted by molar-refractivity contribution is 5.89. The number of nitrogens with two attached hydrogens (primary N) is 1. The SMILES string of the molecule is CC1(C)CCN(C(=O)C2(N)CC2)CC1. The third-order valence-electron chi connectivity index (χ3n) is 3.62. The second-order valence-corrected chi connectivity index (χ2v) is 5.61. The van der Waals surface area contributed by atoms with E-state index < -0.39 is 5.54 Å². The van der Waals surface area contributed by atoms with Crippen LogP contribution in [0.5, 0.6) is 0 Å². The minimum Gasteiger partial charge on any atom is -0.341 e. The van der Waals surface area contributed by atoms with E-state index >= 15 is 0 Å². The quantitative estimate of drug-likeness (QED) is 0.683. The van der Waals surface area contributed by atoms with Crippen molar-refractivity contribution in [1.82, 2.24) is 4.90 Å². The monoisotopic (exact) mass is 196 g/mol. The second kappa shape index (κ2) is 2.96. The van der Waals surface area contributed by atoms with Crippen molar-refractivity contribution in [1.29, 1.82) is 0 Å². The lowest BCUT2D eigenvalue weighted by Gasteiger charge is -2.38. The number of piperidine rings is 1. The molecule has 3 nitrogen and oxygen atoms in total. The summed E-state index contributed by atoms with van der Waals surface area (Å²) in [5, 5.41) is 0. The predicted molar refractivity (Wildman–Crippen MR) is 55.7 cm³/mol. The largest absolute Gasteiger partial charge is 0.341 e. The molecule has 0 unspecified atom stereocenters. The van der Waals surface area contributed by atoms with Crippen LogP contribution in [0.1, 0.15) is 39.5 Å². The molecule has 0 radical (unpaired) electrons. The van der Waals surface area contributed by atoms with E-state index in [1.54, 1.807) is 0 Å². The van der Waals surface area contributed by atoms with Crippen molar-refractivity contribution in [2.45, 2.75) is 45.1 Å². The summed E-state index contributed by atoms with van der Waals surface area (Å²) in [6.45, 7) is 6.32. The van der Waals surface area contributed by atoms with Crippen LogP contribution >= 0.6 is 0 Å². The Kier molecular flexibility index (Phi) is 2.11. The van der Waals surface area contributed by atoms with Gasteiger partial charge in [-0.15, -0.1) is 0 Å². The summed E-state index contributed by atoms with van der Waals surface area (Å²) < 4.78 is 0. The average Bonchev–Trinajstić information content (AvgIpc) is 2.84. The molecule has 1 heterocycles. The fourth-order valence-corrected chi connectivity index (χ4v) is 1.98. The molecule has 1 saturated heterocycles. The van der Waals surface area contributed by atoms with Crippen molar-refractivity contribution in [3.63, 3.8) is 0 Å². The van der Waals surface area contributed by atoms with E-state index in [0.717, 1.165) is 38.8 Å². The third kappa shape index (κ3) is 1.78. The molecule has 3 heteroatoms. The highest BCUT2D eigenvalue weighted by Crippen LogP contribution is 2.37. The molecule has 0 atom stereocenters. The van der Waals surface area contributed by atoms with Crippen molar-refractivity contribution in [3.8, 4) is 0 Å². The van der Waals surface area contributed by atoms with E-state index in [9.17, 15) is 4.79 Å². The zero-order chi connectivity index (χ0) is 10.4. The fourth-order valence-electron chi connectivity index (χ4n) is 1.98. The molecule has 2 aliphatic rings. The minimum atomic E-state index is -0.471. The Labute approximate surface area is 85.6 Å². The highest BCUT2D eigenvalue weighted by atomic mass is 16.2. The number of nitrogens with zero attached hydrogens (tertiary/aromatic N) is 1. The van der Waals surface area contributed by atoms with Crippen LogP contribution in [0.15, 0.2) is 0 Å². The minimum absolute atomic E-state index is 0.188. The van der Waals surface area contributed by atoms with E-state index in [2.05, 4.69) is 13.8 Å².